The minimum absolute atomic E-state index is 0.0429. The van der Waals surface area contributed by atoms with Crippen LogP contribution in [0.25, 0.3) is 17.4 Å². The van der Waals surface area contributed by atoms with Gasteiger partial charge in [-0.25, -0.2) is 4.99 Å². The Morgan fingerprint density at radius 3 is 2.57 bits per heavy atom. The van der Waals surface area contributed by atoms with Crippen LogP contribution in [0.1, 0.15) is 16.1 Å². The van der Waals surface area contributed by atoms with E-state index in [1.807, 2.05) is 30.3 Å². The van der Waals surface area contributed by atoms with Crippen LogP contribution in [0, 0.1) is 0 Å². The quantitative estimate of drug-likeness (QED) is 0.692. The summed E-state index contributed by atoms with van der Waals surface area (Å²) in [5, 5.41) is 14.5. The van der Waals surface area contributed by atoms with Crippen LogP contribution in [0.4, 0.5) is 5.69 Å². The second-order valence-corrected chi connectivity index (χ2v) is 6.88. The Balaban J connectivity index is 1.59. The summed E-state index contributed by atoms with van der Waals surface area (Å²) in [6.07, 6.45) is 1.60. The van der Waals surface area contributed by atoms with Crippen molar-refractivity contribution in [1.82, 2.24) is 5.32 Å². The molecular weight excluding hydrogens is 376 g/mol. The van der Waals surface area contributed by atoms with Gasteiger partial charge in [0.2, 0.25) is 0 Å². The summed E-state index contributed by atoms with van der Waals surface area (Å²) >= 11 is 1.21. The predicted molar refractivity (Wildman–Crippen MR) is 106 cm³/mol. The molecule has 0 saturated carbocycles. The van der Waals surface area contributed by atoms with E-state index in [0.717, 1.165) is 5.69 Å². The Labute approximate surface area is 164 Å². The number of benzene rings is 2. The molecule has 7 heteroatoms. The third-order valence-corrected chi connectivity index (χ3v) is 4.86. The highest BCUT2D eigenvalue weighted by Crippen LogP contribution is 2.31. The number of nitrogens with zero attached hydrogens (tertiary/aromatic N) is 1. The molecule has 1 aliphatic heterocycles. The third-order valence-electron chi connectivity index (χ3n) is 3.95. The van der Waals surface area contributed by atoms with Crippen LogP contribution in [-0.4, -0.2) is 17.0 Å². The van der Waals surface area contributed by atoms with Crippen molar-refractivity contribution in [3.63, 3.8) is 0 Å². The number of para-hydroxylation sites is 1. The molecule has 0 atom stereocenters. The number of rotatable bonds is 4. The number of aliphatic imine (C=N–C) groups is 1. The molecule has 1 amide bonds. The Bertz CT molecular complexity index is 1120. The summed E-state index contributed by atoms with van der Waals surface area (Å²) in [7, 11) is 0. The minimum atomic E-state index is -1.28. The zero-order valence-corrected chi connectivity index (χ0v) is 15.2. The van der Waals surface area contributed by atoms with Crippen LogP contribution in [0.15, 0.2) is 81.0 Å². The molecule has 1 N–H and O–H groups in total. The zero-order valence-electron chi connectivity index (χ0n) is 14.4. The first-order valence-electron chi connectivity index (χ1n) is 8.35. The van der Waals surface area contributed by atoms with Gasteiger partial charge in [-0.2, -0.15) is 0 Å². The Hall–Kier alpha value is -3.58. The lowest BCUT2D eigenvalue weighted by molar-refractivity contribution is -0.254. The molecule has 1 aliphatic rings. The first kappa shape index (κ1) is 17.8. The van der Waals surface area contributed by atoms with Crippen LogP contribution in [0.3, 0.4) is 0 Å². The first-order chi connectivity index (χ1) is 13.6. The minimum Gasteiger partial charge on any atom is -0.545 e. The summed E-state index contributed by atoms with van der Waals surface area (Å²) in [6, 6.07) is 19.1. The standard InChI is InChI=1S/C21H14N2O4S/c24-19-18(28-21(23-19)22-13-6-2-1-3-7-13)12-14-10-11-17(27-14)15-8-4-5-9-16(15)20(25)26/h1-12H,(H,25,26)(H,22,23,24)/p-1/b18-12+. The molecule has 138 valence electrons. The molecular formula is C21H13N2O4S-. The predicted octanol–water partition coefficient (Wildman–Crippen LogP) is 3.20. The largest absolute Gasteiger partial charge is 0.545 e. The van der Waals surface area contributed by atoms with Gasteiger partial charge in [-0.15, -0.1) is 0 Å². The van der Waals surface area contributed by atoms with Gasteiger partial charge in [0.15, 0.2) is 5.17 Å². The smallest absolute Gasteiger partial charge is 0.264 e. The number of nitrogens with one attached hydrogen (secondary N) is 1. The van der Waals surface area contributed by atoms with Gasteiger partial charge in [-0.3, -0.25) is 4.79 Å². The molecule has 0 spiro atoms. The highest BCUT2D eigenvalue weighted by atomic mass is 32.2. The average Bonchev–Trinajstić information content (AvgIpc) is 3.29. The number of carbonyl (C=O) groups is 2. The van der Waals surface area contributed by atoms with Crippen LogP contribution < -0.4 is 10.4 Å². The van der Waals surface area contributed by atoms with Gasteiger partial charge in [0.05, 0.1) is 16.6 Å². The van der Waals surface area contributed by atoms with E-state index in [4.69, 9.17) is 4.42 Å². The molecule has 3 aromatic rings. The number of thioether (sulfide) groups is 1. The fourth-order valence-electron chi connectivity index (χ4n) is 2.68. The van der Waals surface area contributed by atoms with Crippen LogP contribution >= 0.6 is 11.8 Å². The van der Waals surface area contributed by atoms with Gasteiger partial charge in [0.1, 0.15) is 11.5 Å². The molecule has 1 aromatic heterocycles. The van der Waals surface area contributed by atoms with E-state index in [2.05, 4.69) is 10.3 Å². The van der Waals surface area contributed by atoms with Gasteiger partial charge in [-0.05, 0) is 36.0 Å². The molecule has 6 nitrogen and oxygen atoms in total. The number of carboxylic acids is 1. The number of hydrogen-bond donors (Lipinski definition) is 1. The molecule has 0 radical (unpaired) electrons. The molecule has 0 aliphatic carbocycles. The molecule has 0 bridgehead atoms. The first-order valence-corrected chi connectivity index (χ1v) is 9.17. The topological polar surface area (TPSA) is 94.7 Å². The number of amides is 1. The van der Waals surface area contributed by atoms with Gasteiger partial charge in [-0.1, -0.05) is 42.5 Å². The van der Waals surface area contributed by atoms with E-state index < -0.39 is 5.97 Å². The normalized spacial score (nSPS) is 16.5. The SMILES string of the molecule is O=C1NC(=Nc2ccccc2)S/C1=C/c1ccc(-c2ccccc2C(=O)[O-])o1. The van der Waals surface area contributed by atoms with Crippen LogP contribution in [0.5, 0.6) is 0 Å². The lowest BCUT2D eigenvalue weighted by Crippen LogP contribution is -2.22. The molecule has 2 heterocycles. The molecule has 1 saturated heterocycles. The second kappa shape index (κ2) is 7.58. The highest BCUT2D eigenvalue weighted by Gasteiger charge is 2.24. The van der Waals surface area contributed by atoms with Crippen molar-refractivity contribution in [3.8, 4) is 11.3 Å². The van der Waals surface area contributed by atoms with E-state index in [0.29, 0.717) is 27.2 Å². The fraction of sp³-hybridized carbons (Fsp3) is 0. The van der Waals surface area contributed by atoms with Gasteiger partial charge >= 0.3 is 0 Å². The van der Waals surface area contributed by atoms with E-state index >= 15 is 0 Å². The highest BCUT2D eigenvalue weighted by molar-refractivity contribution is 8.18. The lowest BCUT2D eigenvalue weighted by Gasteiger charge is -2.07. The monoisotopic (exact) mass is 389 g/mol. The van der Waals surface area contributed by atoms with E-state index in [1.54, 1.807) is 36.4 Å². The van der Waals surface area contributed by atoms with Crippen molar-refractivity contribution in [2.24, 2.45) is 4.99 Å². The molecule has 4 rings (SSSR count). The van der Waals surface area contributed by atoms with Crippen LogP contribution in [-0.2, 0) is 4.79 Å². The Morgan fingerprint density at radius 1 is 1.04 bits per heavy atom. The van der Waals surface area contributed by atoms with Crippen molar-refractivity contribution >= 4 is 40.6 Å². The third kappa shape index (κ3) is 3.74. The summed E-state index contributed by atoms with van der Waals surface area (Å²) in [5.41, 5.74) is 1.20. The molecule has 2 aromatic carbocycles. The number of aromatic carboxylic acids is 1. The maximum Gasteiger partial charge on any atom is 0.264 e. The van der Waals surface area contributed by atoms with E-state index in [1.165, 1.54) is 17.8 Å². The number of amidine groups is 1. The van der Waals surface area contributed by atoms with Crippen molar-refractivity contribution in [2.75, 3.05) is 0 Å². The maximum absolute atomic E-state index is 12.2. The molecule has 0 unspecified atom stereocenters. The van der Waals surface area contributed by atoms with Crippen molar-refractivity contribution in [1.29, 1.82) is 0 Å². The van der Waals surface area contributed by atoms with Gasteiger partial charge in [0.25, 0.3) is 5.91 Å². The number of hydrogen-bond acceptors (Lipinski definition) is 6. The summed E-state index contributed by atoms with van der Waals surface area (Å²) in [6.45, 7) is 0. The fourth-order valence-corrected chi connectivity index (χ4v) is 3.50. The van der Waals surface area contributed by atoms with Crippen molar-refractivity contribution < 1.29 is 19.1 Å². The Kier molecular flexibility index (Phi) is 4.82. The maximum atomic E-state index is 12.2. The second-order valence-electron chi connectivity index (χ2n) is 5.85. The van der Waals surface area contributed by atoms with Gasteiger partial charge < -0.3 is 19.6 Å². The van der Waals surface area contributed by atoms with E-state index in [-0.39, 0.29) is 11.5 Å². The molecule has 28 heavy (non-hydrogen) atoms. The summed E-state index contributed by atoms with van der Waals surface area (Å²) in [4.78, 5) is 28.3. The zero-order chi connectivity index (χ0) is 19.5. The van der Waals surface area contributed by atoms with Gasteiger partial charge in [0, 0.05) is 17.2 Å². The van der Waals surface area contributed by atoms with Crippen LogP contribution in [0.2, 0.25) is 0 Å². The number of carboxylic acid groups (broad SMARTS) is 1. The Morgan fingerprint density at radius 2 is 1.79 bits per heavy atom. The summed E-state index contributed by atoms with van der Waals surface area (Å²) < 4.78 is 5.72. The lowest BCUT2D eigenvalue weighted by atomic mass is 10.1. The van der Waals surface area contributed by atoms with Crippen molar-refractivity contribution in [3.05, 3.63) is 83.0 Å². The number of furan rings is 1. The molecule has 1 fully saturated rings. The average molecular weight is 389 g/mol. The number of carbonyl (C=O) groups excluding carboxylic acids is 2. The van der Waals surface area contributed by atoms with E-state index in [9.17, 15) is 14.7 Å². The van der Waals surface area contributed by atoms with Crippen molar-refractivity contribution in [2.45, 2.75) is 0 Å². The summed E-state index contributed by atoms with van der Waals surface area (Å²) in [5.74, 6) is -0.734.